The number of benzene rings is 2. The summed E-state index contributed by atoms with van der Waals surface area (Å²) in [5.41, 5.74) is 6.20. The minimum Gasteiger partial charge on any atom is -0.364 e. The normalized spacial score (nSPS) is 10.3. The van der Waals surface area contributed by atoms with Gasteiger partial charge in [0.15, 0.2) is 10.8 Å². The van der Waals surface area contributed by atoms with Gasteiger partial charge in [0.05, 0.1) is 0 Å². The fraction of sp³-hybridized carbons (Fsp3) is 0.105. The van der Waals surface area contributed by atoms with Crippen LogP contribution in [0.15, 0.2) is 42.5 Å². The van der Waals surface area contributed by atoms with Crippen LogP contribution in [0.3, 0.4) is 0 Å². The number of thiazole rings is 1. The van der Waals surface area contributed by atoms with E-state index >= 15 is 0 Å². The Kier molecular flexibility index (Phi) is 5.15. The van der Waals surface area contributed by atoms with Crippen LogP contribution in [-0.2, 0) is 4.79 Å². The molecule has 6 nitrogen and oxygen atoms in total. The van der Waals surface area contributed by atoms with Gasteiger partial charge < -0.3 is 16.4 Å². The maximum absolute atomic E-state index is 11.9. The number of rotatable bonds is 6. The van der Waals surface area contributed by atoms with Crippen molar-refractivity contribution in [2.24, 2.45) is 5.73 Å². The minimum absolute atomic E-state index is 0.0207. The first-order valence-corrected chi connectivity index (χ1v) is 8.68. The molecule has 1 heterocycles. The van der Waals surface area contributed by atoms with Gasteiger partial charge in [-0.15, -0.1) is 12.3 Å². The molecule has 2 amide bonds. The van der Waals surface area contributed by atoms with Gasteiger partial charge in [-0.3, -0.25) is 9.59 Å². The number of terminal acetylenes is 1. The number of carbonyl (C=O) groups excluding carboxylic acids is 2. The van der Waals surface area contributed by atoms with Gasteiger partial charge in [0, 0.05) is 18.5 Å². The van der Waals surface area contributed by atoms with E-state index in [9.17, 15) is 9.59 Å². The van der Waals surface area contributed by atoms with Crippen molar-refractivity contribution in [1.82, 2.24) is 4.98 Å². The summed E-state index contributed by atoms with van der Waals surface area (Å²) >= 11 is 1.14. The van der Waals surface area contributed by atoms with Crippen LogP contribution >= 0.6 is 11.3 Å². The molecular formula is C19H16N4O2S. The van der Waals surface area contributed by atoms with E-state index in [0.717, 1.165) is 27.8 Å². The van der Waals surface area contributed by atoms with Gasteiger partial charge in [-0.25, -0.2) is 4.98 Å². The minimum atomic E-state index is -0.708. The number of carbonyl (C=O) groups is 2. The van der Waals surface area contributed by atoms with Crippen LogP contribution in [0.1, 0.15) is 23.3 Å². The molecule has 0 bridgehead atoms. The van der Waals surface area contributed by atoms with Crippen LogP contribution in [0, 0.1) is 12.3 Å². The highest BCUT2D eigenvalue weighted by atomic mass is 32.1. The van der Waals surface area contributed by atoms with Crippen molar-refractivity contribution in [3.63, 3.8) is 0 Å². The molecule has 0 saturated heterocycles. The molecule has 4 N–H and O–H groups in total. The molecule has 0 saturated carbocycles. The lowest BCUT2D eigenvalue weighted by molar-refractivity contribution is -0.116. The average molecular weight is 364 g/mol. The number of hydrogen-bond acceptors (Lipinski definition) is 5. The van der Waals surface area contributed by atoms with Crippen molar-refractivity contribution < 1.29 is 9.59 Å². The number of anilines is 3. The third-order valence-electron chi connectivity index (χ3n) is 3.61. The lowest BCUT2D eigenvalue weighted by Gasteiger charge is -2.04. The zero-order valence-electron chi connectivity index (χ0n) is 13.8. The van der Waals surface area contributed by atoms with Crippen molar-refractivity contribution >= 4 is 49.7 Å². The SMILES string of the molecule is C#CCCC(=O)Nc1sc(Nc2ccc3ccccc3c2)nc1C(N)=O. The molecule has 0 fully saturated rings. The molecule has 0 spiro atoms. The maximum Gasteiger partial charge on any atom is 0.270 e. The van der Waals surface area contributed by atoms with Gasteiger partial charge in [0.1, 0.15) is 5.00 Å². The van der Waals surface area contributed by atoms with E-state index in [1.165, 1.54) is 0 Å². The Morgan fingerprint density at radius 2 is 1.96 bits per heavy atom. The summed E-state index contributed by atoms with van der Waals surface area (Å²) in [5, 5.41) is 8.75. The average Bonchev–Trinajstić information content (AvgIpc) is 3.02. The Morgan fingerprint density at radius 3 is 2.69 bits per heavy atom. The van der Waals surface area contributed by atoms with Crippen LogP contribution in [0.2, 0.25) is 0 Å². The monoisotopic (exact) mass is 364 g/mol. The molecule has 1 aromatic heterocycles. The summed E-state index contributed by atoms with van der Waals surface area (Å²) in [6.07, 6.45) is 5.64. The van der Waals surface area contributed by atoms with E-state index in [4.69, 9.17) is 12.2 Å². The molecule has 0 unspecified atom stereocenters. The molecule has 0 atom stereocenters. The molecule has 3 rings (SSSR count). The first-order valence-electron chi connectivity index (χ1n) is 7.86. The van der Waals surface area contributed by atoms with Gasteiger partial charge in [-0.1, -0.05) is 41.7 Å². The molecule has 26 heavy (non-hydrogen) atoms. The number of nitrogens with zero attached hydrogens (tertiary/aromatic N) is 1. The number of aromatic nitrogens is 1. The van der Waals surface area contributed by atoms with E-state index in [-0.39, 0.29) is 18.0 Å². The molecular weight excluding hydrogens is 348 g/mol. The second kappa shape index (κ2) is 7.68. The van der Waals surface area contributed by atoms with Gasteiger partial charge >= 0.3 is 0 Å². The Hall–Kier alpha value is -3.37. The summed E-state index contributed by atoms with van der Waals surface area (Å²) in [7, 11) is 0. The van der Waals surface area contributed by atoms with E-state index in [2.05, 4.69) is 21.5 Å². The number of nitrogens with two attached hydrogens (primary N) is 1. The third kappa shape index (κ3) is 3.99. The fourth-order valence-corrected chi connectivity index (χ4v) is 3.30. The first kappa shape index (κ1) is 17.5. The highest BCUT2D eigenvalue weighted by Crippen LogP contribution is 2.31. The highest BCUT2D eigenvalue weighted by molar-refractivity contribution is 7.20. The van der Waals surface area contributed by atoms with Crippen molar-refractivity contribution in [3.05, 3.63) is 48.2 Å². The van der Waals surface area contributed by atoms with Crippen LogP contribution in [0.25, 0.3) is 10.8 Å². The quantitative estimate of drug-likeness (QED) is 0.583. The topological polar surface area (TPSA) is 97.1 Å². The standard InChI is InChI=1S/C19H16N4O2S/c1-2-3-8-15(24)22-18-16(17(20)25)23-19(26-18)21-14-10-9-12-6-4-5-7-13(12)11-14/h1,4-7,9-11H,3,8H2,(H2,20,25)(H,21,23)(H,22,24). The van der Waals surface area contributed by atoms with Gasteiger partial charge in [0.25, 0.3) is 5.91 Å². The Labute approximate surface area is 154 Å². The smallest absolute Gasteiger partial charge is 0.270 e. The van der Waals surface area contributed by atoms with Gasteiger partial charge in [-0.05, 0) is 22.9 Å². The Morgan fingerprint density at radius 1 is 1.19 bits per heavy atom. The van der Waals surface area contributed by atoms with Crippen molar-refractivity contribution in [2.45, 2.75) is 12.8 Å². The second-order valence-corrected chi connectivity index (χ2v) is 6.50. The Bertz CT molecular complexity index is 1020. The molecule has 3 aromatic rings. The number of hydrogen-bond donors (Lipinski definition) is 3. The lowest BCUT2D eigenvalue weighted by Crippen LogP contribution is -2.17. The predicted molar refractivity (Wildman–Crippen MR) is 105 cm³/mol. The van der Waals surface area contributed by atoms with E-state index in [1.54, 1.807) is 0 Å². The van der Waals surface area contributed by atoms with E-state index in [0.29, 0.717) is 16.6 Å². The molecule has 0 aliphatic rings. The van der Waals surface area contributed by atoms with Gasteiger partial charge in [-0.2, -0.15) is 0 Å². The molecule has 0 aliphatic carbocycles. The summed E-state index contributed by atoms with van der Waals surface area (Å²) in [6, 6.07) is 13.9. The maximum atomic E-state index is 11.9. The summed E-state index contributed by atoms with van der Waals surface area (Å²) in [6.45, 7) is 0. The fourth-order valence-electron chi connectivity index (χ4n) is 2.39. The zero-order chi connectivity index (χ0) is 18.5. The van der Waals surface area contributed by atoms with E-state index < -0.39 is 5.91 Å². The molecule has 2 aromatic carbocycles. The lowest BCUT2D eigenvalue weighted by atomic mass is 10.1. The van der Waals surface area contributed by atoms with Crippen LogP contribution in [0.4, 0.5) is 15.8 Å². The molecule has 130 valence electrons. The second-order valence-electron chi connectivity index (χ2n) is 5.50. The third-order valence-corrected chi connectivity index (χ3v) is 4.50. The van der Waals surface area contributed by atoms with Crippen molar-refractivity contribution in [3.8, 4) is 12.3 Å². The highest BCUT2D eigenvalue weighted by Gasteiger charge is 2.18. The Balaban J connectivity index is 1.83. The number of amides is 2. The summed E-state index contributed by atoms with van der Waals surface area (Å²) in [5.74, 6) is 1.40. The van der Waals surface area contributed by atoms with E-state index in [1.807, 2.05) is 42.5 Å². The first-order chi connectivity index (χ1) is 12.6. The molecule has 0 aliphatic heterocycles. The zero-order valence-corrected chi connectivity index (χ0v) is 14.6. The molecule has 0 radical (unpaired) electrons. The van der Waals surface area contributed by atoms with Crippen LogP contribution in [-0.4, -0.2) is 16.8 Å². The van der Waals surface area contributed by atoms with Gasteiger partial charge in [0.2, 0.25) is 5.91 Å². The number of fused-ring (bicyclic) bond motifs is 1. The number of nitrogens with one attached hydrogen (secondary N) is 2. The largest absolute Gasteiger partial charge is 0.364 e. The predicted octanol–water partition coefficient (Wildman–Crippen LogP) is 3.49. The van der Waals surface area contributed by atoms with Crippen LogP contribution in [0.5, 0.6) is 0 Å². The number of primary amides is 1. The summed E-state index contributed by atoms with van der Waals surface area (Å²) in [4.78, 5) is 27.7. The molecule has 7 heteroatoms. The van der Waals surface area contributed by atoms with Crippen molar-refractivity contribution in [2.75, 3.05) is 10.6 Å². The van der Waals surface area contributed by atoms with Crippen LogP contribution < -0.4 is 16.4 Å². The van der Waals surface area contributed by atoms with Crippen molar-refractivity contribution in [1.29, 1.82) is 0 Å². The summed E-state index contributed by atoms with van der Waals surface area (Å²) < 4.78 is 0.